The molecule has 1 fully saturated rings. The van der Waals surface area contributed by atoms with Crippen LogP contribution in [-0.4, -0.2) is 23.8 Å². The standard InChI is InChI=1S/C17H35NO/c1-6-17(19,7-2)13-18-12-14-8-10-15(11-9-14)16(3,4)5/h14-15,18-19H,6-13H2,1-5H3. The molecule has 0 aliphatic heterocycles. The summed E-state index contributed by atoms with van der Waals surface area (Å²) in [6.07, 6.45) is 7.14. The minimum absolute atomic E-state index is 0.475. The van der Waals surface area contributed by atoms with Gasteiger partial charge in [0, 0.05) is 6.54 Å². The predicted molar refractivity (Wildman–Crippen MR) is 83.3 cm³/mol. The fraction of sp³-hybridized carbons (Fsp3) is 1.00. The van der Waals surface area contributed by atoms with Crippen molar-refractivity contribution in [3.63, 3.8) is 0 Å². The molecule has 0 atom stereocenters. The molecule has 0 bridgehead atoms. The Morgan fingerprint density at radius 2 is 1.53 bits per heavy atom. The Hall–Kier alpha value is -0.0800. The lowest BCUT2D eigenvalue weighted by atomic mass is 9.70. The van der Waals surface area contributed by atoms with E-state index in [0.29, 0.717) is 5.41 Å². The molecule has 1 aliphatic rings. The van der Waals surface area contributed by atoms with Gasteiger partial charge >= 0.3 is 0 Å². The zero-order valence-corrected chi connectivity index (χ0v) is 13.8. The van der Waals surface area contributed by atoms with Crippen LogP contribution >= 0.6 is 0 Å². The van der Waals surface area contributed by atoms with E-state index in [2.05, 4.69) is 39.9 Å². The minimum Gasteiger partial charge on any atom is -0.389 e. The van der Waals surface area contributed by atoms with E-state index < -0.39 is 5.60 Å². The summed E-state index contributed by atoms with van der Waals surface area (Å²) in [6.45, 7) is 13.1. The molecule has 1 saturated carbocycles. The zero-order chi connectivity index (χ0) is 14.5. The second-order valence-corrected chi connectivity index (χ2v) is 7.65. The van der Waals surface area contributed by atoms with Crippen molar-refractivity contribution in [1.82, 2.24) is 5.32 Å². The van der Waals surface area contributed by atoms with E-state index in [1.165, 1.54) is 25.7 Å². The van der Waals surface area contributed by atoms with Crippen LogP contribution in [0, 0.1) is 17.3 Å². The van der Waals surface area contributed by atoms with Crippen molar-refractivity contribution in [2.45, 2.75) is 78.7 Å². The van der Waals surface area contributed by atoms with Gasteiger partial charge in [-0.15, -0.1) is 0 Å². The maximum atomic E-state index is 10.2. The van der Waals surface area contributed by atoms with Gasteiger partial charge in [-0.1, -0.05) is 34.6 Å². The Kier molecular flexibility index (Phi) is 6.32. The second kappa shape index (κ2) is 7.08. The Balaban J connectivity index is 2.23. The number of nitrogens with one attached hydrogen (secondary N) is 1. The van der Waals surface area contributed by atoms with Gasteiger partial charge in [-0.2, -0.15) is 0 Å². The fourth-order valence-corrected chi connectivity index (χ4v) is 3.24. The molecule has 0 aromatic carbocycles. The maximum absolute atomic E-state index is 10.2. The molecule has 0 spiro atoms. The summed E-state index contributed by atoms with van der Waals surface area (Å²) < 4.78 is 0. The number of aliphatic hydroxyl groups is 1. The van der Waals surface area contributed by atoms with E-state index in [-0.39, 0.29) is 0 Å². The molecule has 0 radical (unpaired) electrons. The smallest absolute Gasteiger partial charge is 0.0766 e. The van der Waals surface area contributed by atoms with E-state index in [1.54, 1.807) is 0 Å². The van der Waals surface area contributed by atoms with Crippen molar-refractivity contribution < 1.29 is 5.11 Å². The number of hydrogen-bond acceptors (Lipinski definition) is 2. The first-order valence-electron chi connectivity index (χ1n) is 8.24. The van der Waals surface area contributed by atoms with Gasteiger partial charge in [0.2, 0.25) is 0 Å². The van der Waals surface area contributed by atoms with Crippen LogP contribution in [0.25, 0.3) is 0 Å². The van der Waals surface area contributed by atoms with Crippen LogP contribution in [0.3, 0.4) is 0 Å². The van der Waals surface area contributed by atoms with E-state index >= 15 is 0 Å². The molecule has 1 aliphatic carbocycles. The van der Waals surface area contributed by atoms with Crippen LogP contribution in [0.2, 0.25) is 0 Å². The molecule has 2 nitrogen and oxygen atoms in total. The molecule has 0 unspecified atom stereocenters. The molecule has 0 saturated heterocycles. The molecular formula is C17H35NO. The number of hydrogen-bond donors (Lipinski definition) is 2. The lowest BCUT2D eigenvalue weighted by Crippen LogP contribution is -2.41. The summed E-state index contributed by atoms with van der Waals surface area (Å²) in [7, 11) is 0. The first-order valence-corrected chi connectivity index (χ1v) is 8.24. The number of rotatable bonds is 6. The van der Waals surface area contributed by atoms with Gasteiger partial charge in [-0.05, 0) is 62.3 Å². The van der Waals surface area contributed by atoms with Crippen LogP contribution in [0.5, 0.6) is 0 Å². The van der Waals surface area contributed by atoms with Gasteiger partial charge < -0.3 is 10.4 Å². The zero-order valence-electron chi connectivity index (χ0n) is 13.8. The molecule has 2 heteroatoms. The van der Waals surface area contributed by atoms with E-state index in [0.717, 1.165) is 37.8 Å². The minimum atomic E-state index is -0.497. The monoisotopic (exact) mass is 269 g/mol. The summed E-state index contributed by atoms with van der Waals surface area (Å²) in [5, 5.41) is 13.7. The molecule has 0 aromatic heterocycles. The summed E-state index contributed by atoms with van der Waals surface area (Å²) >= 11 is 0. The van der Waals surface area contributed by atoms with Gasteiger partial charge in [0.15, 0.2) is 0 Å². The average Bonchev–Trinajstić information content (AvgIpc) is 2.38. The van der Waals surface area contributed by atoms with Crippen molar-refractivity contribution in [3.05, 3.63) is 0 Å². The summed E-state index contributed by atoms with van der Waals surface area (Å²) in [5.41, 5.74) is -0.0221. The SMILES string of the molecule is CCC(O)(CC)CNCC1CCC(C(C)(C)C)CC1. The highest BCUT2D eigenvalue weighted by Gasteiger charge is 2.30. The van der Waals surface area contributed by atoms with Crippen molar-refractivity contribution in [1.29, 1.82) is 0 Å². The Morgan fingerprint density at radius 1 is 1.00 bits per heavy atom. The Morgan fingerprint density at radius 3 is 1.95 bits per heavy atom. The van der Waals surface area contributed by atoms with Crippen LogP contribution in [0.1, 0.15) is 73.1 Å². The molecule has 114 valence electrons. The lowest BCUT2D eigenvalue weighted by molar-refractivity contribution is 0.0308. The maximum Gasteiger partial charge on any atom is 0.0766 e. The van der Waals surface area contributed by atoms with Crippen molar-refractivity contribution in [2.75, 3.05) is 13.1 Å². The van der Waals surface area contributed by atoms with Gasteiger partial charge in [-0.25, -0.2) is 0 Å². The molecule has 0 heterocycles. The van der Waals surface area contributed by atoms with Gasteiger partial charge in [-0.3, -0.25) is 0 Å². The normalized spacial score (nSPS) is 25.6. The van der Waals surface area contributed by atoms with Crippen molar-refractivity contribution in [2.24, 2.45) is 17.3 Å². The predicted octanol–water partition coefficient (Wildman–Crippen LogP) is 3.98. The summed E-state index contributed by atoms with van der Waals surface area (Å²) in [5.74, 6) is 1.71. The highest BCUT2D eigenvalue weighted by Crippen LogP contribution is 2.39. The molecule has 0 amide bonds. The van der Waals surface area contributed by atoms with E-state index in [4.69, 9.17) is 0 Å². The third kappa shape index (κ3) is 5.43. The molecule has 0 aromatic rings. The molecule has 19 heavy (non-hydrogen) atoms. The Labute approximate surface area is 120 Å². The molecule has 1 rings (SSSR count). The largest absolute Gasteiger partial charge is 0.389 e. The Bertz CT molecular complexity index is 244. The highest BCUT2D eigenvalue weighted by molar-refractivity contribution is 4.83. The second-order valence-electron chi connectivity index (χ2n) is 7.65. The first kappa shape index (κ1) is 17.0. The fourth-order valence-electron chi connectivity index (χ4n) is 3.24. The van der Waals surface area contributed by atoms with Crippen molar-refractivity contribution in [3.8, 4) is 0 Å². The first-order chi connectivity index (χ1) is 8.80. The van der Waals surface area contributed by atoms with Crippen LogP contribution in [0.4, 0.5) is 0 Å². The van der Waals surface area contributed by atoms with Gasteiger partial charge in [0.1, 0.15) is 0 Å². The third-order valence-corrected chi connectivity index (χ3v) is 5.27. The highest BCUT2D eigenvalue weighted by atomic mass is 16.3. The molecular weight excluding hydrogens is 234 g/mol. The average molecular weight is 269 g/mol. The lowest BCUT2D eigenvalue weighted by Gasteiger charge is -2.37. The summed E-state index contributed by atoms with van der Waals surface area (Å²) in [6, 6.07) is 0. The van der Waals surface area contributed by atoms with Crippen LogP contribution in [0.15, 0.2) is 0 Å². The van der Waals surface area contributed by atoms with Crippen LogP contribution in [-0.2, 0) is 0 Å². The van der Waals surface area contributed by atoms with Gasteiger partial charge in [0.05, 0.1) is 5.60 Å². The topological polar surface area (TPSA) is 32.3 Å². The van der Waals surface area contributed by atoms with E-state index in [1.807, 2.05) is 0 Å². The quantitative estimate of drug-likeness (QED) is 0.764. The summed E-state index contributed by atoms with van der Waals surface area (Å²) in [4.78, 5) is 0. The van der Waals surface area contributed by atoms with Gasteiger partial charge in [0.25, 0.3) is 0 Å². The van der Waals surface area contributed by atoms with Crippen molar-refractivity contribution >= 4 is 0 Å². The third-order valence-electron chi connectivity index (χ3n) is 5.27. The van der Waals surface area contributed by atoms with Crippen LogP contribution < -0.4 is 5.32 Å². The molecule has 2 N–H and O–H groups in total. The van der Waals surface area contributed by atoms with E-state index in [9.17, 15) is 5.11 Å².